The van der Waals surface area contributed by atoms with Gasteiger partial charge in [-0.1, -0.05) is 30.3 Å². The third kappa shape index (κ3) is 6.08. The van der Waals surface area contributed by atoms with Crippen molar-refractivity contribution in [3.05, 3.63) is 69.8 Å². The molecule has 2 aromatic carbocycles. The number of nitro groups is 1. The summed E-state index contributed by atoms with van der Waals surface area (Å²) >= 11 is 0. The zero-order chi connectivity index (χ0) is 17.3. The summed E-state index contributed by atoms with van der Waals surface area (Å²) in [5.41, 5.74) is 1.02. The summed E-state index contributed by atoms with van der Waals surface area (Å²) in [7, 11) is 0. The van der Waals surface area contributed by atoms with E-state index in [2.05, 4.69) is 10.3 Å². The van der Waals surface area contributed by atoms with Gasteiger partial charge in [0.05, 0.1) is 22.3 Å². The van der Waals surface area contributed by atoms with Gasteiger partial charge in [-0.25, -0.2) is 0 Å². The molecule has 128 valence electrons. The number of nitrogens with one attached hydrogen (secondary N) is 1. The second-order valence-corrected chi connectivity index (χ2v) is 5.04. The van der Waals surface area contributed by atoms with Gasteiger partial charge in [0.2, 0.25) is 0 Å². The van der Waals surface area contributed by atoms with Crippen LogP contribution in [0.2, 0.25) is 0 Å². The van der Waals surface area contributed by atoms with Crippen LogP contribution in [-0.4, -0.2) is 34.0 Å². The molecule has 2 aromatic rings. The van der Waals surface area contributed by atoms with Crippen LogP contribution in [-0.2, 0) is 9.59 Å². The zero-order valence-electron chi connectivity index (χ0n) is 14.6. The molecule has 9 nitrogen and oxygen atoms in total. The third-order valence-electron chi connectivity index (χ3n) is 3.50. The van der Waals surface area contributed by atoms with Gasteiger partial charge < -0.3 is 20.7 Å². The van der Waals surface area contributed by atoms with Gasteiger partial charge >= 0.3 is 103 Å². The summed E-state index contributed by atoms with van der Waals surface area (Å²) in [4.78, 5) is 37.7. The molecule has 1 unspecified atom stereocenters. The first-order valence-corrected chi connectivity index (χ1v) is 6.91. The van der Waals surface area contributed by atoms with Crippen LogP contribution in [0.25, 0.3) is 0 Å². The van der Waals surface area contributed by atoms with Gasteiger partial charge in [-0.3, -0.25) is 19.9 Å². The average molecular weight is 419 g/mol. The SMILES string of the molecule is O=C([O-])C1N=C(c2ccccc2)c2cc([N+](=O)[O-])ccc2NC1=O.[K+].[K+].[OH-]. The number of benzene rings is 2. The number of aliphatic imine (C=N–C) groups is 1. The smallest absolute Gasteiger partial charge is 0.870 e. The summed E-state index contributed by atoms with van der Waals surface area (Å²) in [6.07, 6.45) is 0. The van der Waals surface area contributed by atoms with E-state index in [-0.39, 0.29) is 131 Å². The molecule has 1 aliphatic heterocycles. The Morgan fingerprint density at radius 2 is 1.74 bits per heavy atom. The van der Waals surface area contributed by atoms with Crippen LogP contribution in [0.5, 0.6) is 0 Å². The normalized spacial score (nSPS) is 14.6. The van der Waals surface area contributed by atoms with Crippen LogP contribution in [0.3, 0.4) is 0 Å². The molecular weight excluding hydrogens is 408 g/mol. The third-order valence-corrected chi connectivity index (χ3v) is 3.50. The van der Waals surface area contributed by atoms with Crippen molar-refractivity contribution in [3.8, 4) is 0 Å². The summed E-state index contributed by atoms with van der Waals surface area (Å²) in [6, 6.07) is 10.6. The Morgan fingerprint density at radius 1 is 1.11 bits per heavy atom. The molecule has 0 saturated carbocycles. The number of amides is 1. The Labute approximate surface area is 238 Å². The quantitative estimate of drug-likeness (QED) is 0.226. The number of nitrogens with zero attached hydrogens (tertiary/aromatic N) is 2. The first-order valence-electron chi connectivity index (χ1n) is 6.91. The number of non-ortho nitro benzene ring substituents is 1. The maximum Gasteiger partial charge on any atom is 1.00 e. The van der Waals surface area contributed by atoms with E-state index in [4.69, 9.17) is 0 Å². The van der Waals surface area contributed by atoms with Crippen molar-refractivity contribution in [1.82, 2.24) is 0 Å². The van der Waals surface area contributed by atoms with Crippen LogP contribution in [0.1, 0.15) is 11.1 Å². The molecule has 0 saturated heterocycles. The molecule has 27 heavy (non-hydrogen) atoms. The Kier molecular flexibility index (Phi) is 11.5. The molecule has 11 heteroatoms. The van der Waals surface area contributed by atoms with Crippen molar-refractivity contribution in [2.45, 2.75) is 6.04 Å². The fraction of sp³-hybridized carbons (Fsp3) is 0.0625. The van der Waals surface area contributed by atoms with Crippen molar-refractivity contribution in [1.29, 1.82) is 0 Å². The summed E-state index contributed by atoms with van der Waals surface area (Å²) in [5.74, 6) is -2.51. The fourth-order valence-electron chi connectivity index (χ4n) is 2.39. The Morgan fingerprint density at radius 3 is 2.30 bits per heavy atom. The van der Waals surface area contributed by atoms with Crippen LogP contribution >= 0.6 is 0 Å². The monoisotopic (exact) mass is 419 g/mol. The number of carboxylic acid groups (broad SMARTS) is 1. The van der Waals surface area contributed by atoms with E-state index in [9.17, 15) is 24.8 Å². The summed E-state index contributed by atoms with van der Waals surface area (Å²) < 4.78 is 0. The standard InChI is InChI=1S/C16H11N3O5.2K.H2O/c20-15-14(16(21)22)18-13(9-4-2-1-3-5-9)11-8-10(19(23)24)6-7-12(11)17-15;;;/h1-8,14H,(H,17,20)(H,21,22);;;1H2/q;2*+1;/p-2. The number of anilines is 1. The fourth-order valence-corrected chi connectivity index (χ4v) is 2.39. The van der Waals surface area contributed by atoms with E-state index in [0.717, 1.165) is 0 Å². The van der Waals surface area contributed by atoms with Crippen molar-refractivity contribution in [2.75, 3.05) is 5.32 Å². The second-order valence-electron chi connectivity index (χ2n) is 5.04. The largest absolute Gasteiger partial charge is 1.00 e. The molecule has 1 amide bonds. The van der Waals surface area contributed by atoms with Crippen molar-refractivity contribution in [2.24, 2.45) is 4.99 Å². The molecule has 3 rings (SSSR count). The van der Waals surface area contributed by atoms with Crippen LogP contribution < -0.4 is 113 Å². The van der Waals surface area contributed by atoms with Crippen LogP contribution in [0.15, 0.2) is 53.5 Å². The number of aliphatic carboxylic acids is 1. The molecule has 0 fully saturated rings. The number of carboxylic acids is 1. The molecule has 1 aliphatic rings. The van der Waals surface area contributed by atoms with Crippen LogP contribution in [0, 0.1) is 10.1 Å². The van der Waals surface area contributed by atoms with E-state index < -0.39 is 22.8 Å². The molecule has 0 aliphatic carbocycles. The second kappa shape index (κ2) is 11.6. The Hall–Kier alpha value is -0.317. The number of fused-ring (bicyclic) bond motifs is 1. The minimum absolute atomic E-state index is 0. The van der Waals surface area contributed by atoms with Gasteiger partial charge in [0.1, 0.15) is 0 Å². The van der Waals surface area contributed by atoms with Gasteiger partial charge in [0, 0.05) is 23.3 Å². The average Bonchev–Trinajstić information content (AvgIpc) is 2.71. The van der Waals surface area contributed by atoms with Gasteiger partial charge in [0.25, 0.3) is 11.6 Å². The molecule has 2 N–H and O–H groups in total. The van der Waals surface area contributed by atoms with Gasteiger partial charge in [-0.15, -0.1) is 0 Å². The molecule has 0 radical (unpaired) electrons. The predicted molar refractivity (Wildman–Crippen MR) is 84.5 cm³/mol. The topological polar surface area (TPSA) is 155 Å². The van der Waals surface area contributed by atoms with Gasteiger partial charge in [-0.05, 0) is 6.07 Å². The molecule has 0 aromatic heterocycles. The van der Waals surface area contributed by atoms with E-state index in [1.165, 1.54) is 18.2 Å². The molecular formula is C16H11K2N3O6. The molecule has 0 spiro atoms. The van der Waals surface area contributed by atoms with E-state index >= 15 is 0 Å². The first-order chi connectivity index (χ1) is 11.5. The number of nitro benzene ring substituents is 1. The number of rotatable bonds is 3. The van der Waals surface area contributed by atoms with Gasteiger partial charge in [-0.2, -0.15) is 0 Å². The Bertz CT molecular complexity index is 889. The minimum atomic E-state index is -1.74. The van der Waals surface area contributed by atoms with E-state index in [1.54, 1.807) is 30.3 Å². The molecule has 1 atom stereocenters. The zero-order valence-corrected chi connectivity index (χ0v) is 20.8. The van der Waals surface area contributed by atoms with E-state index in [0.29, 0.717) is 5.56 Å². The van der Waals surface area contributed by atoms with E-state index in [1.807, 2.05) is 0 Å². The molecule has 1 heterocycles. The van der Waals surface area contributed by atoms with Crippen LogP contribution in [0.4, 0.5) is 11.4 Å². The number of carbonyl (C=O) groups excluding carboxylic acids is 2. The maximum absolute atomic E-state index is 12.0. The number of hydrogen-bond acceptors (Lipinski definition) is 7. The maximum atomic E-state index is 12.0. The van der Waals surface area contributed by atoms with Crippen molar-refractivity contribution < 1.29 is 128 Å². The predicted octanol–water partition coefficient (Wildman–Crippen LogP) is -5.67. The molecule has 0 bridgehead atoms. The first kappa shape index (κ1) is 26.7. The minimum Gasteiger partial charge on any atom is -0.870 e. The number of hydrogen-bond donors (Lipinski definition) is 1. The summed E-state index contributed by atoms with van der Waals surface area (Å²) in [6.45, 7) is 0. The van der Waals surface area contributed by atoms with Crippen molar-refractivity contribution in [3.63, 3.8) is 0 Å². The number of benzodiazepines with no additional fused rings is 1. The number of carbonyl (C=O) groups is 2. The summed E-state index contributed by atoms with van der Waals surface area (Å²) in [5, 5.41) is 24.7. The van der Waals surface area contributed by atoms with Crippen molar-refractivity contribution >= 4 is 29.0 Å². The Balaban J connectivity index is 0.00000225. The van der Waals surface area contributed by atoms with Gasteiger partial charge in [0.15, 0.2) is 6.04 Å².